The molecular weight excluding hydrogens is 1370 g/mol. The number of aromatic nitrogens is 2. The van der Waals surface area contributed by atoms with Crippen LogP contribution in [0.2, 0.25) is 0 Å². The number of aryl methyl sites for hydroxylation is 3. The molecule has 0 saturated heterocycles. The van der Waals surface area contributed by atoms with Gasteiger partial charge in [-0.3, -0.25) is 30.6 Å². The van der Waals surface area contributed by atoms with E-state index in [0.717, 1.165) is 11.1 Å². The number of nitrogens with one attached hydrogen (secondary N) is 4. The van der Waals surface area contributed by atoms with Crippen molar-refractivity contribution in [2.45, 2.75) is 27.7 Å². The average Bonchev–Trinajstić information content (AvgIpc) is 3.22. The van der Waals surface area contributed by atoms with E-state index in [0.29, 0.717) is 17.0 Å². The van der Waals surface area contributed by atoms with Crippen LogP contribution in [-0.4, -0.2) is 33.0 Å². The Labute approximate surface area is 321 Å². The van der Waals surface area contributed by atoms with E-state index < -0.39 is 0 Å². The Morgan fingerprint density at radius 1 is 0.900 bits per heavy atom. The molecule has 1 aromatic heterocycles. The van der Waals surface area contributed by atoms with Crippen LogP contribution in [-0.2, 0) is 51.8 Å². The molecule has 0 spiro atoms. The van der Waals surface area contributed by atoms with Crippen LogP contribution < -0.4 is 21.5 Å². The third kappa shape index (κ3) is 19.9. The van der Waals surface area contributed by atoms with Gasteiger partial charge in [0, 0.05) is 56.0 Å². The molecule has 3 amide bonds. The van der Waals surface area contributed by atoms with E-state index in [1.807, 2.05) is 19.9 Å². The van der Waals surface area contributed by atoms with Gasteiger partial charge in [-0.05, 0) is 12.2 Å². The Morgan fingerprint density at radius 3 is 1.77 bits per heavy atom. The summed E-state index contributed by atoms with van der Waals surface area (Å²) in [6, 6.07) is 16.0. The predicted molar refractivity (Wildman–Crippen MR) is 182 cm³/mol. The number of hydrogen-bond donors (Lipinski definition) is 4. The third-order valence-electron chi connectivity index (χ3n) is 3.98. The Bertz CT molecular complexity index is 1240. The molecule has 0 atom stereocenters. The van der Waals surface area contributed by atoms with Gasteiger partial charge in [0.15, 0.2) is 5.11 Å². The monoisotopic (exact) mass is 1390 g/mol. The molecule has 2 aromatic carbocycles. The molecule has 0 fully saturated rings. The van der Waals surface area contributed by atoms with E-state index >= 15 is 0 Å². The number of amides is 3. The Morgan fingerprint density at radius 2 is 1.38 bits per heavy atom. The zero-order valence-corrected chi connectivity index (χ0v) is 38.1. The number of rotatable bonds is 3. The molecule has 40 heavy (non-hydrogen) atoms. The number of thiocarbonyl (C=S) groups is 1. The van der Waals surface area contributed by atoms with Crippen molar-refractivity contribution in [2.75, 3.05) is 5.32 Å². The van der Waals surface area contributed by atoms with Crippen LogP contribution in [0.5, 0.6) is 0 Å². The molecule has 1 heterocycles. The van der Waals surface area contributed by atoms with Crippen molar-refractivity contribution in [3.63, 3.8) is 0 Å². The molecule has 0 saturated carbocycles. The van der Waals surface area contributed by atoms with Crippen molar-refractivity contribution in [3.8, 4) is 0 Å². The van der Waals surface area contributed by atoms with E-state index in [4.69, 9.17) is 16.6 Å². The normalized spacial score (nSPS) is 8.90. The van der Waals surface area contributed by atoms with Crippen LogP contribution in [0.15, 0.2) is 40.8 Å². The van der Waals surface area contributed by atoms with Crippen molar-refractivity contribution < 1.29 is 65.9 Å². The zero-order chi connectivity index (χ0) is 28.0. The van der Waals surface area contributed by atoms with Gasteiger partial charge in [0.05, 0.1) is 0 Å². The summed E-state index contributed by atoms with van der Waals surface area (Å²) in [5.74, 6) is -0.516. The SMILES string of the molecule is CC(=O)NNC(=S)NC(=O)c1c[c-]ccc1C.Cc1nnc(NC(=O)c2c[c-]ccc2C)o1.I.[I][V]([I])[I].[W].[W]. The van der Waals surface area contributed by atoms with Gasteiger partial charge in [0.1, 0.15) is 0 Å². The second-order valence-electron chi connectivity index (χ2n) is 6.84. The van der Waals surface area contributed by atoms with Crippen molar-refractivity contribution in [1.82, 2.24) is 26.4 Å². The quantitative estimate of drug-likeness (QED) is 0.118. The number of anilines is 1. The Balaban J connectivity index is -0.000000566. The molecule has 0 unspecified atom stereocenters. The summed E-state index contributed by atoms with van der Waals surface area (Å²) in [6.45, 7) is 6.65. The number of hydrogen-bond acceptors (Lipinski definition) is 7. The van der Waals surface area contributed by atoms with Gasteiger partial charge < -0.3 is 9.73 Å². The first-order chi connectivity index (χ1) is 17.4. The smallest absolute Gasteiger partial charge is 0 e. The standard InChI is InChI=1S/C11H12N3O2S.C11H10N3O2.4HI.V.2W/c1-7-5-3-4-6-9(7)10(16)12-11(17)14-13-8(2)15;1-7-5-3-4-6-9(7)10(15)12-11-14-13-8(2)16-11;;;;;;;/h3,5-6H,1-2H3,(H,13,15)(H2,12,14,16,17);3,5-6H,1-2H3,(H,12,14,15);4*1H;;;/q2*-1;;;;;+3;;/p-3. The van der Waals surface area contributed by atoms with Crippen LogP contribution in [0.25, 0.3) is 0 Å². The zero-order valence-electron chi connectivity index (χ0n) is 21.2. The molecule has 0 aliphatic rings. The van der Waals surface area contributed by atoms with Crippen molar-refractivity contribution in [1.29, 1.82) is 0 Å². The largest absolute Gasteiger partial charge is 0 e. The number of halogens is 4. The molecule has 218 valence electrons. The maximum Gasteiger partial charge on any atom is 0 e. The summed E-state index contributed by atoms with van der Waals surface area (Å²) in [7, 11) is 0. The second-order valence-corrected chi connectivity index (χ2v) is 42.6. The summed E-state index contributed by atoms with van der Waals surface area (Å²) in [5.41, 5.74) is 7.37. The topological polar surface area (TPSA) is 138 Å². The number of carbonyl (C=O) groups is 3. The number of benzene rings is 2. The van der Waals surface area contributed by atoms with Gasteiger partial charge in [-0.15, -0.1) is 40.2 Å². The summed E-state index contributed by atoms with van der Waals surface area (Å²) < 4.78 is 5.05. The predicted octanol–water partition coefficient (Wildman–Crippen LogP) is 5.46. The van der Waals surface area contributed by atoms with Gasteiger partial charge in [0.25, 0.3) is 0 Å². The van der Waals surface area contributed by atoms with Crippen molar-refractivity contribution in [2.24, 2.45) is 0 Å². The molecule has 3 rings (SSSR count). The first-order valence-corrected chi connectivity index (χ1v) is 24.0. The minimum atomic E-state index is -0.345. The fraction of sp³-hybridized carbons (Fsp3) is 0.182. The first-order valence-electron chi connectivity index (χ1n) is 10.1. The molecule has 4 N–H and O–H groups in total. The molecule has 0 bridgehead atoms. The van der Waals surface area contributed by atoms with Crippen molar-refractivity contribution >= 4 is 125 Å². The summed E-state index contributed by atoms with van der Waals surface area (Å²) >= 11 is 12.2. The third-order valence-corrected chi connectivity index (χ3v) is 4.18. The maximum atomic E-state index is 11.8. The average molecular weight is 1390 g/mol. The van der Waals surface area contributed by atoms with Gasteiger partial charge in [-0.2, -0.15) is 48.5 Å². The molecule has 0 aliphatic heterocycles. The molecule has 0 radical (unpaired) electrons. The van der Waals surface area contributed by atoms with Crippen LogP contribution in [0.1, 0.15) is 44.7 Å². The van der Waals surface area contributed by atoms with Crippen molar-refractivity contribution in [3.05, 3.63) is 76.7 Å². The molecular formula is C22H23I4N6O4SVW2-2. The molecule has 18 heteroatoms. The van der Waals surface area contributed by atoms with Crippen LogP contribution >= 0.6 is 96.1 Å². The van der Waals surface area contributed by atoms with Crippen LogP contribution in [0.3, 0.4) is 0 Å². The summed E-state index contributed by atoms with van der Waals surface area (Å²) in [5, 5.41) is 12.3. The minimum absolute atomic E-state index is 0. The number of nitrogens with zero attached hydrogens (tertiary/aromatic N) is 2. The summed E-state index contributed by atoms with van der Waals surface area (Å²) in [4.78, 5) is 33.9. The van der Waals surface area contributed by atoms with E-state index in [2.05, 4.69) is 104 Å². The number of carbonyl (C=O) groups excluding carboxylic acids is 3. The van der Waals surface area contributed by atoms with Gasteiger partial charge in [-0.25, -0.2) is 0 Å². The van der Waals surface area contributed by atoms with Gasteiger partial charge in [-0.1, -0.05) is 30.1 Å². The fourth-order valence-electron chi connectivity index (χ4n) is 2.36. The first kappa shape index (κ1) is 45.2. The van der Waals surface area contributed by atoms with E-state index in [-0.39, 0.29) is 99.9 Å². The van der Waals surface area contributed by atoms with E-state index in [1.54, 1.807) is 37.3 Å². The van der Waals surface area contributed by atoms with Crippen LogP contribution in [0.4, 0.5) is 6.01 Å². The van der Waals surface area contributed by atoms with Crippen LogP contribution in [0, 0.1) is 32.9 Å². The number of hydrazine groups is 1. The van der Waals surface area contributed by atoms with Gasteiger partial charge >= 0.3 is 70.9 Å². The Kier molecular flexibility index (Phi) is 28.4. The fourth-order valence-corrected chi connectivity index (χ4v) is 2.51. The maximum absolute atomic E-state index is 11.8. The second kappa shape index (κ2) is 25.1. The van der Waals surface area contributed by atoms with E-state index in [9.17, 15) is 14.4 Å². The molecule has 10 nitrogen and oxygen atoms in total. The summed E-state index contributed by atoms with van der Waals surface area (Å²) in [6.07, 6.45) is 0. The molecule has 0 aliphatic carbocycles. The van der Waals surface area contributed by atoms with E-state index in [1.165, 1.54) is 6.92 Å². The van der Waals surface area contributed by atoms with Gasteiger partial charge in [0.2, 0.25) is 23.6 Å². The molecule has 3 aromatic rings. The minimum Gasteiger partial charge on any atom is 0 e. The Hall–Kier alpha value is 0.761.